The molecule has 6 heteroatoms. The number of rotatable bonds is 6. The molecule has 2 aromatic rings. The first-order valence-corrected chi connectivity index (χ1v) is 9.49. The zero-order chi connectivity index (χ0) is 16.9. The van der Waals surface area contributed by atoms with Gasteiger partial charge in [0.1, 0.15) is 0 Å². The molecule has 26 heavy (non-hydrogen) atoms. The van der Waals surface area contributed by atoms with E-state index in [9.17, 15) is 0 Å². The average molecular weight is 377 g/mol. The van der Waals surface area contributed by atoms with Gasteiger partial charge in [-0.1, -0.05) is 30.7 Å². The van der Waals surface area contributed by atoms with Gasteiger partial charge in [-0.25, -0.2) is 0 Å². The van der Waals surface area contributed by atoms with Gasteiger partial charge in [-0.2, -0.15) is 5.10 Å². The van der Waals surface area contributed by atoms with Gasteiger partial charge < -0.3 is 15.4 Å². The summed E-state index contributed by atoms with van der Waals surface area (Å²) < 4.78 is 7.67. The zero-order valence-electron chi connectivity index (χ0n) is 15.1. The van der Waals surface area contributed by atoms with E-state index in [0.29, 0.717) is 18.0 Å². The van der Waals surface area contributed by atoms with Crippen molar-refractivity contribution in [1.82, 2.24) is 20.4 Å². The van der Waals surface area contributed by atoms with Gasteiger partial charge in [0.25, 0.3) is 0 Å². The predicted molar refractivity (Wildman–Crippen MR) is 106 cm³/mol. The molecule has 3 unspecified atom stereocenters. The van der Waals surface area contributed by atoms with Gasteiger partial charge >= 0.3 is 0 Å². The second kappa shape index (κ2) is 9.51. The zero-order valence-corrected chi connectivity index (χ0v) is 16.0. The maximum atomic E-state index is 5.68. The van der Waals surface area contributed by atoms with Gasteiger partial charge in [-0.05, 0) is 36.0 Å². The van der Waals surface area contributed by atoms with Crippen molar-refractivity contribution >= 4 is 12.4 Å². The van der Waals surface area contributed by atoms with Crippen LogP contribution in [0.4, 0.5) is 0 Å². The number of hydrogen-bond donors (Lipinski definition) is 2. The first-order valence-electron chi connectivity index (χ1n) is 9.49. The Morgan fingerprint density at radius 3 is 2.85 bits per heavy atom. The van der Waals surface area contributed by atoms with Gasteiger partial charge in [0.15, 0.2) is 0 Å². The first-order chi connectivity index (χ1) is 12.4. The lowest BCUT2D eigenvalue weighted by atomic mass is 9.93. The molecule has 1 saturated heterocycles. The summed E-state index contributed by atoms with van der Waals surface area (Å²) in [6.07, 6.45) is 7.74. The van der Waals surface area contributed by atoms with Gasteiger partial charge in [-0.3, -0.25) is 4.68 Å². The fraction of sp³-hybridized carbons (Fsp3) is 0.550. The molecule has 1 aromatic heterocycles. The molecule has 0 radical (unpaired) electrons. The van der Waals surface area contributed by atoms with Crippen LogP contribution in [0, 0.1) is 5.92 Å². The van der Waals surface area contributed by atoms with Crippen molar-refractivity contribution in [2.24, 2.45) is 5.92 Å². The van der Waals surface area contributed by atoms with Crippen molar-refractivity contribution < 1.29 is 4.74 Å². The predicted octanol–water partition coefficient (Wildman–Crippen LogP) is 2.60. The monoisotopic (exact) mass is 376 g/mol. The largest absolute Gasteiger partial charge is 0.379 e. The Balaban J connectivity index is 0.00000196. The summed E-state index contributed by atoms with van der Waals surface area (Å²) in [6, 6.07) is 11.8. The van der Waals surface area contributed by atoms with Gasteiger partial charge in [0, 0.05) is 37.6 Å². The number of hydrogen-bond acceptors (Lipinski definition) is 4. The average Bonchev–Trinajstić information content (AvgIpc) is 3.33. The third-order valence-electron chi connectivity index (χ3n) is 5.60. The Bertz CT molecular complexity index is 658. The summed E-state index contributed by atoms with van der Waals surface area (Å²) in [6.45, 7) is 4.45. The highest BCUT2D eigenvalue weighted by Gasteiger charge is 2.34. The highest BCUT2D eigenvalue weighted by Crippen LogP contribution is 2.30. The minimum Gasteiger partial charge on any atom is -0.379 e. The van der Waals surface area contributed by atoms with Crippen molar-refractivity contribution in [2.45, 2.75) is 44.4 Å². The van der Waals surface area contributed by atoms with E-state index in [0.717, 1.165) is 32.8 Å². The normalized spacial score (nSPS) is 25.8. The van der Waals surface area contributed by atoms with Crippen LogP contribution in [0.5, 0.6) is 0 Å². The summed E-state index contributed by atoms with van der Waals surface area (Å²) in [5, 5.41) is 11.8. The number of halogens is 1. The Morgan fingerprint density at radius 2 is 2.08 bits per heavy atom. The second-order valence-corrected chi connectivity index (χ2v) is 7.19. The van der Waals surface area contributed by atoms with E-state index in [-0.39, 0.29) is 12.4 Å². The SMILES string of the molecule is Cl.c1ccc(Cn2cccn2)c(CNC2CCCC2C2COCCN2)c1. The highest BCUT2D eigenvalue weighted by molar-refractivity contribution is 5.85. The van der Waals surface area contributed by atoms with Crippen LogP contribution in [0.3, 0.4) is 0 Å². The fourth-order valence-corrected chi connectivity index (χ4v) is 4.28. The molecule has 0 spiro atoms. The lowest BCUT2D eigenvalue weighted by molar-refractivity contribution is 0.0524. The molecule has 1 aromatic carbocycles. The van der Waals surface area contributed by atoms with Crippen molar-refractivity contribution in [2.75, 3.05) is 19.8 Å². The van der Waals surface area contributed by atoms with Crippen LogP contribution in [0.25, 0.3) is 0 Å². The maximum absolute atomic E-state index is 5.68. The summed E-state index contributed by atoms with van der Waals surface area (Å²) in [7, 11) is 0. The smallest absolute Gasteiger partial charge is 0.0662 e. The van der Waals surface area contributed by atoms with Crippen molar-refractivity contribution in [3.8, 4) is 0 Å². The third-order valence-corrected chi connectivity index (χ3v) is 5.60. The van der Waals surface area contributed by atoms with Crippen molar-refractivity contribution in [3.63, 3.8) is 0 Å². The second-order valence-electron chi connectivity index (χ2n) is 7.19. The number of nitrogens with one attached hydrogen (secondary N) is 2. The van der Waals surface area contributed by atoms with E-state index in [1.165, 1.54) is 30.4 Å². The van der Waals surface area contributed by atoms with E-state index in [2.05, 4.69) is 40.0 Å². The summed E-state index contributed by atoms with van der Waals surface area (Å²) in [5.41, 5.74) is 2.71. The molecular formula is C20H29ClN4O. The van der Waals surface area contributed by atoms with Gasteiger partial charge in [0.05, 0.1) is 19.8 Å². The van der Waals surface area contributed by atoms with E-state index >= 15 is 0 Å². The van der Waals surface area contributed by atoms with Crippen molar-refractivity contribution in [1.29, 1.82) is 0 Å². The molecule has 0 bridgehead atoms. The highest BCUT2D eigenvalue weighted by atomic mass is 35.5. The van der Waals surface area contributed by atoms with Crippen LogP contribution >= 0.6 is 12.4 Å². The topological polar surface area (TPSA) is 51.1 Å². The molecule has 3 atom stereocenters. The van der Waals surface area contributed by atoms with E-state index < -0.39 is 0 Å². The number of ether oxygens (including phenoxy) is 1. The van der Waals surface area contributed by atoms with Gasteiger partial charge in [0.2, 0.25) is 0 Å². The minimum atomic E-state index is 0. The summed E-state index contributed by atoms with van der Waals surface area (Å²) >= 11 is 0. The number of aromatic nitrogens is 2. The molecule has 0 amide bonds. The van der Waals surface area contributed by atoms with Crippen LogP contribution in [-0.4, -0.2) is 41.6 Å². The van der Waals surface area contributed by atoms with Gasteiger partial charge in [-0.15, -0.1) is 12.4 Å². The molecule has 1 aliphatic heterocycles. The van der Waals surface area contributed by atoms with E-state index in [1.54, 1.807) is 0 Å². The standard InChI is InChI=1S/C20H28N4O.ClH/c1-2-6-17(14-24-11-4-9-23-24)16(5-1)13-22-19-8-3-7-18(19)20-15-25-12-10-21-20;/h1-2,4-6,9,11,18-22H,3,7-8,10,12-15H2;1H. The summed E-state index contributed by atoms with van der Waals surface area (Å²) in [4.78, 5) is 0. The minimum absolute atomic E-state index is 0. The number of benzene rings is 1. The number of nitrogens with zero attached hydrogens (tertiary/aromatic N) is 2. The van der Waals surface area contributed by atoms with Crippen LogP contribution < -0.4 is 10.6 Å². The van der Waals surface area contributed by atoms with E-state index in [1.807, 2.05) is 23.1 Å². The maximum Gasteiger partial charge on any atom is 0.0662 e. The van der Waals surface area contributed by atoms with Crippen LogP contribution in [0.2, 0.25) is 0 Å². The molecule has 4 rings (SSSR count). The molecule has 2 aliphatic rings. The Labute approximate surface area is 161 Å². The first kappa shape index (κ1) is 19.4. The van der Waals surface area contributed by atoms with Crippen molar-refractivity contribution in [3.05, 3.63) is 53.9 Å². The molecule has 2 N–H and O–H groups in total. The van der Waals surface area contributed by atoms with Crippen LogP contribution in [-0.2, 0) is 17.8 Å². The molecule has 5 nitrogen and oxygen atoms in total. The summed E-state index contributed by atoms with van der Waals surface area (Å²) in [5.74, 6) is 0.679. The van der Waals surface area contributed by atoms with Crippen LogP contribution in [0.1, 0.15) is 30.4 Å². The fourth-order valence-electron chi connectivity index (χ4n) is 4.28. The lowest BCUT2D eigenvalue weighted by Gasteiger charge is -2.33. The Hall–Kier alpha value is -1.40. The molecule has 2 fully saturated rings. The molecule has 142 valence electrons. The Kier molecular flexibility index (Phi) is 7.08. The molecule has 1 saturated carbocycles. The molecule has 2 heterocycles. The number of morpholine rings is 1. The Morgan fingerprint density at radius 1 is 1.19 bits per heavy atom. The van der Waals surface area contributed by atoms with Crippen LogP contribution in [0.15, 0.2) is 42.7 Å². The quantitative estimate of drug-likeness (QED) is 0.813. The third kappa shape index (κ3) is 4.65. The lowest BCUT2D eigenvalue weighted by Crippen LogP contribution is -2.50. The van der Waals surface area contributed by atoms with E-state index in [4.69, 9.17) is 4.74 Å². The molecular weight excluding hydrogens is 348 g/mol. The molecule has 1 aliphatic carbocycles.